The minimum Gasteiger partial charge on any atom is -0.478 e. The molecule has 0 radical (unpaired) electrons. The molecule has 9 rings (SSSR count). The van der Waals surface area contributed by atoms with Gasteiger partial charge in [0.25, 0.3) is 17.0 Å². The summed E-state index contributed by atoms with van der Waals surface area (Å²) in [5, 5.41) is 19.8. The van der Waals surface area contributed by atoms with Gasteiger partial charge in [0.05, 0.1) is 17.0 Å². The van der Waals surface area contributed by atoms with Crippen molar-refractivity contribution in [3.8, 4) is 33.9 Å². The van der Waals surface area contributed by atoms with E-state index >= 15 is 8.78 Å². The van der Waals surface area contributed by atoms with Gasteiger partial charge in [0.15, 0.2) is 11.3 Å². The van der Waals surface area contributed by atoms with Crippen molar-refractivity contribution in [2.75, 3.05) is 69.5 Å². The molecule has 83 heavy (non-hydrogen) atoms. The van der Waals surface area contributed by atoms with Gasteiger partial charge in [-0.15, -0.1) is 0 Å². The molecule has 436 valence electrons. The number of amides is 1. The second kappa shape index (κ2) is 28.1. The fraction of sp³-hybridized carbons (Fsp3) is 0.365. The molecule has 1 fully saturated rings. The molecule has 1 aliphatic carbocycles. The van der Waals surface area contributed by atoms with E-state index in [2.05, 4.69) is 68.4 Å². The number of fused-ring (bicyclic) bond motifs is 2. The highest BCUT2D eigenvalue weighted by atomic mass is 19.1. The number of aryl methyl sites for hydroxylation is 2. The van der Waals surface area contributed by atoms with Crippen molar-refractivity contribution in [3.05, 3.63) is 163 Å². The number of aromatic carboxylic acids is 1. The first-order valence-electron chi connectivity index (χ1n) is 28.5. The minimum absolute atomic E-state index is 0.00197. The average Bonchev–Trinajstić information content (AvgIpc) is 2.18. The number of halogens is 4. The van der Waals surface area contributed by atoms with E-state index in [1.54, 1.807) is 31.2 Å². The first-order valence-corrected chi connectivity index (χ1v) is 28.5. The molecule has 0 saturated heterocycles. The van der Waals surface area contributed by atoms with Crippen molar-refractivity contribution in [1.82, 2.24) is 44.2 Å². The lowest BCUT2D eigenvalue weighted by atomic mass is 9.89. The van der Waals surface area contributed by atoms with E-state index in [9.17, 15) is 33.1 Å². The number of para-hydroxylation sites is 2. The number of hydrogen-bond donors (Lipinski definition) is 4. The zero-order chi connectivity index (χ0) is 59.3. The maximum absolute atomic E-state index is 15.1. The first kappa shape index (κ1) is 60.7. The quantitative estimate of drug-likeness (QED) is 0.0370. The van der Waals surface area contributed by atoms with Crippen LogP contribution in [0, 0.1) is 43.0 Å². The number of pyridine rings is 2. The second-order valence-corrected chi connectivity index (χ2v) is 20.6. The molecule has 20 heteroatoms. The van der Waals surface area contributed by atoms with Gasteiger partial charge >= 0.3 is 5.97 Å². The predicted octanol–water partition coefficient (Wildman–Crippen LogP) is 11.4. The van der Waals surface area contributed by atoms with Gasteiger partial charge in [0.2, 0.25) is 11.9 Å². The number of carboxylic acids is 1. The van der Waals surface area contributed by atoms with E-state index in [0.29, 0.717) is 64.4 Å². The van der Waals surface area contributed by atoms with E-state index in [4.69, 9.17) is 4.98 Å². The summed E-state index contributed by atoms with van der Waals surface area (Å²) in [6, 6.07) is 22.4. The number of carboxylic acid groups (broad SMARTS) is 1. The van der Waals surface area contributed by atoms with Crippen LogP contribution in [-0.2, 0) is 0 Å². The van der Waals surface area contributed by atoms with E-state index in [-0.39, 0.29) is 34.7 Å². The van der Waals surface area contributed by atoms with E-state index in [1.807, 2.05) is 13.0 Å². The van der Waals surface area contributed by atoms with Gasteiger partial charge in [-0.3, -0.25) is 23.5 Å². The maximum Gasteiger partial charge on any atom is 0.335 e. The zero-order valence-corrected chi connectivity index (χ0v) is 47.8. The Morgan fingerprint density at radius 3 is 1.42 bits per heavy atom. The Morgan fingerprint density at radius 2 is 1.00 bits per heavy atom. The molecule has 4 N–H and O–H groups in total. The van der Waals surface area contributed by atoms with Gasteiger partial charge in [-0.25, -0.2) is 32.3 Å². The molecule has 1 saturated carbocycles. The van der Waals surface area contributed by atoms with Crippen LogP contribution >= 0.6 is 0 Å². The Hall–Kier alpha value is -8.36. The third-order valence-electron chi connectivity index (χ3n) is 15.3. The van der Waals surface area contributed by atoms with Gasteiger partial charge in [-0.1, -0.05) is 71.2 Å². The van der Waals surface area contributed by atoms with Crippen LogP contribution in [0.1, 0.15) is 104 Å². The Kier molecular flexibility index (Phi) is 20.5. The molecular formula is C63H71F4N11O5. The molecule has 0 unspecified atom stereocenters. The van der Waals surface area contributed by atoms with Crippen molar-refractivity contribution < 1.29 is 32.3 Å². The van der Waals surface area contributed by atoms with Gasteiger partial charge < -0.3 is 30.9 Å². The van der Waals surface area contributed by atoms with Gasteiger partial charge in [-0.2, -0.15) is 9.97 Å². The maximum atomic E-state index is 15.1. The van der Waals surface area contributed by atoms with Crippen LogP contribution in [0.15, 0.2) is 107 Å². The number of benzene rings is 4. The molecular weight excluding hydrogens is 1070 g/mol. The lowest BCUT2D eigenvalue weighted by Gasteiger charge is -2.22. The standard InChI is InChI=1S/C35H42F2N6O2.C28H29F2N5O3/c1-4-42(5-2)20-10-19-38-35-40-31(26-17-18-30(44)43(33(26)41-35)32-28(36)13-9-14-29(32)37)27-21-25(16-15-23(27)3)34(45)39-22-24-11-7-6-8-12-24;1-4-34(5-2)15-7-14-31-28-32-24(20-16-18(27(37)38)11-10-17(20)3)19-12-13-23(36)35(26(19)33-28)25-21(29)8-6-9-22(25)30/h9,13-18,21,24H,4-8,10-12,19-20,22H2,1-3H3,(H,39,45)(H,38,40,41);6,8-13,16H,4-5,7,14-15H2,1-3H3,(H,37,38)(H,31,32,33). The van der Waals surface area contributed by atoms with Crippen molar-refractivity contribution in [1.29, 1.82) is 0 Å². The van der Waals surface area contributed by atoms with Crippen LogP contribution in [0.5, 0.6) is 0 Å². The lowest BCUT2D eigenvalue weighted by Crippen LogP contribution is -2.30. The minimum atomic E-state index is -1.11. The lowest BCUT2D eigenvalue weighted by molar-refractivity contribution is 0.0696. The van der Waals surface area contributed by atoms with Gasteiger partial charge in [0.1, 0.15) is 34.6 Å². The Balaban J connectivity index is 0.000000220. The normalized spacial score (nSPS) is 12.7. The van der Waals surface area contributed by atoms with E-state index in [1.165, 1.54) is 61.7 Å². The van der Waals surface area contributed by atoms with Crippen LogP contribution in [0.2, 0.25) is 0 Å². The third-order valence-corrected chi connectivity index (χ3v) is 15.3. The molecule has 4 aromatic heterocycles. The molecule has 1 amide bonds. The van der Waals surface area contributed by atoms with E-state index < -0.39 is 51.7 Å². The highest BCUT2D eigenvalue weighted by Gasteiger charge is 2.24. The number of aromatic nitrogens is 6. The number of nitrogens with zero attached hydrogens (tertiary/aromatic N) is 8. The fourth-order valence-corrected chi connectivity index (χ4v) is 10.5. The summed E-state index contributed by atoms with van der Waals surface area (Å²) < 4.78 is 61.7. The summed E-state index contributed by atoms with van der Waals surface area (Å²) in [5.74, 6) is -4.01. The summed E-state index contributed by atoms with van der Waals surface area (Å²) in [7, 11) is 0. The van der Waals surface area contributed by atoms with Crippen molar-refractivity contribution in [2.24, 2.45) is 5.92 Å². The first-order chi connectivity index (χ1) is 40.0. The predicted molar refractivity (Wildman–Crippen MR) is 318 cm³/mol. The Bertz CT molecular complexity index is 3710. The summed E-state index contributed by atoms with van der Waals surface area (Å²) in [5.41, 5.74) is 1.80. The molecule has 4 aromatic carbocycles. The third kappa shape index (κ3) is 14.3. The molecule has 0 atom stereocenters. The molecule has 0 bridgehead atoms. The number of nitrogens with one attached hydrogen (secondary N) is 3. The topological polar surface area (TPSA) is 192 Å². The summed E-state index contributed by atoms with van der Waals surface area (Å²) in [6.07, 6.45) is 7.51. The molecule has 16 nitrogen and oxygen atoms in total. The highest BCUT2D eigenvalue weighted by molar-refractivity contribution is 5.99. The SMILES string of the molecule is CCN(CC)CCCNc1nc(-c2cc(C(=O)NCC3CCCCC3)ccc2C)c2ccc(=O)n(-c3c(F)cccc3F)c2n1.CCN(CC)CCCNc1nc(-c2cc(C(=O)O)ccc2C)c2ccc(=O)n(-c3c(F)cccc3F)c2n1. The number of carbonyl (C=O) groups excluding carboxylic acids is 1. The monoisotopic (exact) mass is 1140 g/mol. The average molecular weight is 1140 g/mol. The van der Waals surface area contributed by atoms with Crippen LogP contribution in [0.3, 0.4) is 0 Å². The summed E-state index contributed by atoms with van der Waals surface area (Å²) in [4.78, 5) is 74.3. The molecule has 1 aliphatic rings. The van der Waals surface area contributed by atoms with Crippen LogP contribution in [0.4, 0.5) is 29.5 Å². The summed E-state index contributed by atoms with van der Waals surface area (Å²) >= 11 is 0. The Labute approximate surface area is 479 Å². The molecule has 8 aromatic rings. The molecule has 0 aliphatic heterocycles. The van der Waals surface area contributed by atoms with Crippen molar-refractivity contribution in [2.45, 2.75) is 86.5 Å². The van der Waals surface area contributed by atoms with Crippen molar-refractivity contribution in [3.63, 3.8) is 0 Å². The van der Waals surface area contributed by atoms with Gasteiger partial charge in [-0.05, 0) is 157 Å². The fourth-order valence-electron chi connectivity index (χ4n) is 10.5. The molecule has 4 heterocycles. The number of anilines is 2. The van der Waals surface area contributed by atoms with Crippen LogP contribution in [0.25, 0.3) is 56.0 Å². The number of carbonyl (C=O) groups is 2. The van der Waals surface area contributed by atoms with Gasteiger partial charge in [0, 0.05) is 59.2 Å². The smallest absolute Gasteiger partial charge is 0.335 e. The van der Waals surface area contributed by atoms with Crippen LogP contribution < -0.4 is 27.1 Å². The van der Waals surface area contributed by atoms with Crippen molar-refractivity contribution >= 4 is 45.8 Å². The Morgan fingerprint density at radius 1 is 0.578 bits per heavy atom. The van der Waals surface area contributed by atoms with E-state index in [0.717, 1.165) is 109 Å². The number of rotatable bonds is 22. The molecule has 0 spiro atoms. The highest BCUT2D eigenvalue weighted by Crippen LogP contribution is 2.34. The number of hydrogen-bond acceptors (Lipinski definition) is 12. The zero-order valence-electron chi connectivity index (χ0n) is 47.8. The summed E-state index contributed by atoms with van der Waals surface area (Å²) in [6.45, 7) is 19.3. The largest absolute Gasteiger partial charge is 0.478 e. The van der Waals surface area contributed by atoms with Crippen LogP contribution in [-0.4, -0.2) is 115 Å². The second-order valence-electron chi connectivity index (χ2n) is 20.6.